The lowest BCUT2D eigenvalue weighted by molar-refractivity contribution is 0.694. The lowest BCUT2D eigenvalue weighted by atomic mass is 9.96. The van der Waals surface area contributed by atoms with Crippen LogP contribution in [0.2, 0.25) is 0 Å². The van der Waals surface area contributed by atoms with Gasteiger partial charge < -0.3 is 5.32 Å². The van der Waals surface area contributed by atoms with E-state index in [0.29, 0.717) is 0 Å². The molecule has 0 spiro atoms. The standard InChI is InChI=1S/C11H12N2/c1-2-9-10(12-6-1)4-3-8-5-7-13-11(8)9/h1-2,4,6,8,13H,3,5,7H2. The van der Waals surface area contributed by atoms with Crippen LogP contribution in [0.4, 0.5) is 0 Å². The van der Waals surface area contributed by atoms with Crippen LogP contribution in [0, 0.1) is 5.92 Å². The Bertz CT molecular complexity index is 447. The molecule has 66 valence electrons. The molecule has 1 aromatic heterocycles. The Labute approximate surface area is 77.0 Å². The second-order valence-corrected chi connectivity index (χ2v) is 3.70. The number of fused-ring (bicyclic) bond motifs is 2. The summed E-state index contributed by atoms with van der Waals surface area (Å²) in [6, 6.07) is 4.18. The van der Waals surface area contributed by atoms with Crippen molar-refractivity contribution in [1.82, 2.24) is 10.3 Å². The monoisotopic (exact) mass is 172 g/mol. The first-order chi connectivity index (χ1) is 6.45. The summed E-state index contributed by atoms with van der Waals surface area (Å²) in [5.74, 6) is 0.733. The van der Waals surface area contributed by atoms with Gasteiger partial charge in [-0.1, -0.05) is 6.08 Å². The fourth-order valence-electron chi connectivity index (χ4n) is 2.28. The van der Waals surface area contributed by atoms with Gasteiger partial charge >= 0.3 is 0 Å². The van der Waals surface area contributed by atoms with Crippen molar-refractivity contribution in [3.05, 3.63) is 28.9 Å². The molecule has 1 fully saturated rings. The van der Waals surface area contributed by atoms with Crippen LogP contribution in [-0.2, 0) is 0 Å². The van der Waals surface area contributed by atoms with E-state index < -0.39 is 0 Å². The lowest BCUT2D eigenvalue weighted by Crippen LogP contribution is -2.36. The molecule has 2 heteroatoms. The summed E-state index contributed by atoms with van der Waals surface area (Å²) in [6.45, 7) is 1.13. The third-order valence-corrected chi connectivity index (χ3v) is 2.94. The van der Waals surface area contributed by atoms with Crippen molar-refractivity contribution in [1.29, 1.82) is 0 Å². The first-order valence-corrected chi connectivity index (χ1v) is 4.84. The SMILES string of the molecule is C1=c2ncccc2=C2NCCC2C1. The van der Waals surface area contributed by atoms with Gasteiger partial charge in [0, 0.05) is 29.6 Å². The molecule has 1 atom stereocenters. The number of rotatable bonds is 0. The molecule has 0 saturated carbocycles. The maximum atomic E-state index is 4.36. The minimum atomic E-state index is 0.733. The van der Waals surface area contributed by atoms with Crippen molar-refractivity contribution in [3.8, 4) is 0 Å². The fourth-order valence-corrected chi connectivity index (χ4v) is 2.28. The predicted molar refractivity (Wildman–Crippen MR) is 52.1 cm³/mol. The molecule has 1 aromatic rings. The first kappa shape index (κ1) is 7.13. The smallest absolute Gasteiger partial charge is 0.0679 e. The van der Waals surface area contributed by atoms with Crippen molar-refractivity contribution in [2.45, 2.75) is 12.8 Å². The average molecular weight is 172 g/mol. The van der Waals surface area contributed by atoms with E-state index >= 15 is 0 Å². The van der Waals surface area contributed by atoms with Gasteiger partial charge in [-0.2, -0.15) is 0 Å². The van der Waals surface area contributed by atoms with Gasteiger partial charge in [0.1, 0.15) is 0 Å². The van der Waals surface area contributed by atoms with Gasteiger partial charge in [0.05, 0.1) is 5.35 Å². The van der Waals surface area contributed by atoms with Crippen LogP contribution in [0.15, 0.2) is 18.3 Å². The number of hydrogen-bond donors (Lipinski definition) is 1. The molecule has 1 aliphatic carbocycles. The number of hydrogen-bond acceptors (Lipinski definition) is 2. The van der Waals surface area contributed by atoms with Crippen LogP contribution in [0.3, 0.4) is 0 Å². The molecule has 0 amide bonds. The minimum absolute atomic E-state index is 0.733. The molecule has 0 aromatic carbocycles. The third-order valence-electron chi connectivity index (χ3n) is 2.94. The summed E-state index contributed by atoms with van der Waals surface area (Å²) < 4.78 is 0. The summed E-state index contributed by atoms with van der Waals surface area (Å²) in [6.07, 6.45) is 6.56. The number of pyridine rings is 1. The van der Waals surface area contributed by atoms with Crippen LogP contribution in [0.25, 0.3) is 11.8 Å². The Kier molecular flexibility index (Phi) is 1.42. The quantitative estimate of drug-likeness (QED) is 0.595. The van der Waals surface area contributed by atoms with Gasteiger partial charge in [0.2, 0.25) is 0 Å². The van der Waals surface area contributed by atoms with E-state index in [9.17, 15) is 0 Å². The van der Waals surface area contributed by atoms with Crippen molar-refractivity contribution in [3.63, 3.8) is 0 Å². The van der Waals surface area contributed by atoms with Crippen molar-refractivity contribution in [2.75, 3.05) is 6.54 Å². The van der Waals surface area contributed by atoms with Gasteiger partial charge in [-0.15, -0.1) is 0 Å². The minimum Gasteiger partial charge on any atom is -0.388 e. The largest absolute Gasteiger partial charge is 0.388 e. The van der Waals surface area contributed by atoms with E-state index in [1.165, 1.54) is 17.3 Å². The Balaban J connectivity index is 2.38. The molecule has 1 saturated heterocycles. The summed E-state index contributed by atoms with van der Waals surface area (Å²) >= 11 is 0. The maximum absolute atomic E-state index is 4.36. The highest BCUT2D eigenvalue weighted by atomic mass is 14.9. The molecule has 2 nitrogen and oxygen atoms in total. The summed E-state index contributed by atoms with van der Waals surface area (Å²) in [5.41, 5.74) is 1.42. The van der Waals surface area contributed by atoms with Crippen LogP contribution < -0.4 is 15.9 Å². The summed E-state index contributed by atoms with van der Waals surface area (Å²) in [7, 11) is 0. The average Bonchev–Trinajstić information content (AvgIpc) is 2.65. The highest BCUT2D eigenvalue weighted by Crippen LogP contribution is 2.23. The van der Waals surface area contributed by atoms with E-state index in [4.69, 9.17) is 0 Å². The molecular formula is C11H12N2. The molecule has 0 bridgehead atoms. The molecule has 2 aliphatic rings. The molecule has 1 N–H and O–H groups in total. The molecule has 0 radical (unpaired) electrons. The van der Waals surface area contributed by atoms with Crippen molar-refractivity contribution >= 4 is 11.8 Å². The molecule has 3 rings (SSSR count). The number of nitrogens with one attached hydrogen (secondary N) is 1. The van der Waals surface area contributed by atoms with Crippen LogP contribution >= 0.6 is 0 Å². The van der Waals surface area contributed by atoms with E-state index in [-0.39, 0.29) is 0 Å². The Morgan fingerprint density at radius 1 is 1.46 bits per heavy atom. The van der Waals surface area contributed by atoms with Crippen LogP contribution in [0.5, 0.6) is 0 Å². The fraction of sp³-hybridized carbons (Fsp3) is 0.364. The highest BCUT2D eigenvalue weighted by Gasteiger charge is 2.22. The highest BCUT2D eigenvalue weighted by molar-refractivity contribution is 5.53. The Morgan fingerprint density at radius 2 is 2.46 bits per heavy atom. The maximum Gasteiger partial charge on any atom is 0.0679 e. The van der Waals surface area contributed by atoms with Crippen molar-refractivity contribution in [2.24, 2.45) is 5.92 Å². The van der Waals surface area contributed by atoms with Crippen molar-refractivity contribution < 1.29 is 0 Å². The Hall–Kier alpha value is -1.31. The number of aromatic nitrogens is 1. The molecular weight excluding hydrogens is 160 g/mol. The van der Waals surface area contributed by atoms with Crippen LogP contribution in [-0.4, -0.2) is 11.5 Å². The lowest BCUT2D eigenvalue weighted by Gasteiger charge is -2.12. The molecule has 13 heavy (non-hydrogen) atoms. The van der Waals surface area contributed by atoms with Gasteiger partial charge in [0.25, 0.3) is 0 Å². The summed E-state index contributed by atoms with van der Waals surface area (Å²) in [4.78, 5) is 4.36. The molecule has 2 heterocycles. The van der Waals surface area contributed by atoms with Crippen LogP contribution in [0.1, 0.15) is 12.8 Å². The second kappa shape index (κ2) is 2.59. The third kappa shape index (κ3) is 0.981. The van der Waals surface area contributed by atoms with E-state index in [1.807, 2.05) is 12.3 Å². The van der Waals surface area contributed by atoms with E-state index in [2.05, 4.69) is 22.4 Å². The van der Waals surface area contributed by atoms with Gasteiger partial charge in [-0.05, 0) is 25.0 Å². The normalized spacial score (nSPS) is 24.3. The van der Waals surface area contributed by atoms with Gasteiger partial charge in [-0.3, -0.25) is 4.98 Å². The molecule has 1 aliphatic heterocycles. The van der Waals surface area contributed by atoms with Gasteiger partial charge in [0.15, 0.2) is 0 Å². The van der Waals surface area contributed by atoms with E-state index in [1.54, 1.807) is 0 Å². The molecule has 1 unspecified atom stereocenters. The zero-order valence-corrected chi connectivity index (χ0v) is 7.46. The Morgan fingerprint density at radius 3 is 3.46 bits per heavy atom. The summed E-state index contributed by atoms with van der Waals surface area (Å²) in [5, 5.41) is 5.94. The topological polar surface area (TPSA) is 24.9 Å². The number of nitrogens with zero attached hydrogens (tertiary/aromatic N) is 1. The second-order valence-electron chi connectivity index (χ2n) is 3.70. The van der Waals surface area contributed by atoms with Gasteiger partial charge in [-0.25, -0.2) is 0 Å². The zero-order chi connectivity index (χ0) is 8.67. The first-order valence-electron chi connectivity index (χ1n) is 4.84. The predicted octanol–water partition coefficient (Wildman–Crippen LogP) is -0.0165. The zero-order valence-electron chi connectivity index (χ0n) is 7.46. The van der Waals surface area contributed by atoms with E-state index in [0.717, 1.165) is 24.2 Å².